The predicted molar refractivity (Wildman–Crippen MR) is 68.9 cm³/mol. The first kappa shape index (κ1) is 11.3. The number of nitrogens with zero attached hydrogens (tertiary/aromatic N) is 2. The van der Waals surface area contributed by atoms with E-state index >= 15 is 0 Å². The van der Waals surface area contributed by atoms with Crippen LogP contribution in [0.15, 0.2) is 16.7 Å². The third-order valence-corrected chi connectivity index (χ3v) is 3.92. The summed E-state index contributed by atoms with van der Waals surface area (Å²) < 4.78 is 3.09. The zero-order chi connectivity index (χ0) is 12.0. The fourth-order valence-corrected chi connectivity index (χ4v) is 2.84. The number of nitrogens with two attached hydrogens (primary N) is 1. The number of aromatic nitrogens is 1. The molecule has 2 fully saturated rings. The van der Waals surface area contributed by atoms with Gasteiger partial charge in [-0.15, -0.1) is 0 Å². The summed E-state index contributed by atoms with van der Waals surface area (Å²) in [5.74, 6) is 0.121. The van der Waals surface area contributed by atoms with Crippen LogP contribution in [0.4, 0.5) is 0 Å². The first-order chi connectivity index (χ1) is 8.15. The number of carbonyl (C=O) groups is 1. The van der Waals surface area contributed by atoms with Crippen molar-refractivity contribution >= 4 is 21.8 Å². The van der Waals surface area contributed by atoms with Gasteiger partial charge in [0.05, 0.1) is 0 Å². The van der Waals surface area contributed by atoms with Crippen molar-refractivity contribution in [2.24, 2.45) is 5.73 Å². The van der Waals surface area contributed by atoms with Crippen LogP contribution < -0.4 is 5.73 Å². The minimum absolute atomic E-state index is 0.121. The lowest BCUT2D eigenvalue weighted by Crippen LogP contribution is -2.33. The maximum atomic E-state index is 12.4. The Morgan fingerprint density at radius 1 is 1.41 bits per heavy atom. The lowest BCUT2D eigenvalue weighted by molar-refractivity contribution is 0.0780. The van der Waals surface area contributed by atoms with Gasteiger partial charge in [-0.3, -0.25) is 4.79 Å². The summed E-state index contributed by atoms with van der Waals surface area (Å²) in [5.41, 5.74) is 6.65. The minimum atomic E-state index is 0.121. The molecule has 1 aliphatic carbocycles. The maximum Gasteiger partial charge on any atom is 0.270 e. The van der Waals surface area contributed by atoms with Crippen molar-refractivity contribution in [3.05, 3.63) is 22.4 Å². The highest BCUT2D eigenvalue weighted by atomic mass is 79.9. The molecule has 5 heteroatoms. The van der Waals surface area contributed by atoms with E-state index < -0.39 is 0 Å². The Morgan fingerprint density at radius 3 is 2.76 bits per heavy atom. The van der Waals surface area contributed by atoms with Crippen molar-refractivity contribution in [2.75, 3.05) is 13.1 Å². The molecular weight excluding hydrogens is 282 g/mol. The molecule has 1 amide bonds. The molecule has 0 aromatic carbocycles. The molecule has 2 N–H and O–H groups in total. The first-order valence-corrected chi connectivity index (χ1v) is 6.86. The van der Waals surface area contributed by atoms with E-state index in [4.69, 9.17) is 5.73 Å². The standard InChI is InChI=1S/C12H16BrN3O/c13-8-5-11(16(6-8)10-1-2-10)12(17)15-4-3-9(14)7-15/h5-6,9-10H,1-4,7,14H2/t9-/m1/s1. The van der Waals surface area contributed by atoms with Crippen molar-refractivity contribution < 1.29 is 4.79 Å². The molecule has 92 valence electrons. The summed E-state index contributed by atoms with van der Waals surface area (Å²) >= 11 is 3.45. The van der Waals surface area contributed by atoms with Gasteiger partial charge in [0.1, 0.15) is 5.69 Å². The zero-order valence-electron chi connectivity index (χ0n) is 9.60. The maximum absolute atomic E-state index is 12.4. The fraction of sp³-hybridized carbons (Fsp3) is 0.583. The number of amides is 1. The van der Waals surface area contributed by atoms with Crippen LogP contribution in [0.1, 0.15) is 35.8 Å². The number of likely N-dealkylation sites (tertiary alicyclic amines) is 1. The number of hydrogen-bond acceptors (Lipinski definition) is 2. The van der Waals surface area contributed by atoms with Crippen LogP contribution >= 0.6 is 15.9 Å². The average Bonchev–Trinajstić information content (AvgIpc) is 2.94. The molecule has 2 heterocycles. The first-order valence-electron chi connectivity index (χ1n) is 6.07. The van der Waals surface area contributed by atoms with E-state index in [9.17, 15) is 4.79 Å². The molecule has 1 atom stereocenters. The zero-order valence-corrected chi connectivity index (χ0v) is 11.2. The van der Waals surface area contributed by atoms with Gasteiger partial charge < -0.3 is 15.2 Å². The third kappa shape index (κ3) is 2.13. The van der Waals surface area contributed by atoms with Gasteiger partial charge in [-0.1, -0.05) is 0 Å². The minimum Gasteiger partial charge on any atom is -0.339 e. The summed E-state index contributed by atoms with van der Waals surface area (Å²) in [7, 11) is 0. The van der Waals surface area contributed by atoms with Gasteiger partial charge in [-0.2, -0.15) is 0 Å². The van der Waals surface area contributed by atoms with Crippen LogP contribution in [0.3, 0.4) is 0 Å². The number of halogens is 1. The monoisotopic (exact) mass is 297 g/mol. The van der Waals surface area contributed by atoms with E-state index in [1.54, 1.807) is 0 Å². The number of rotatable bonds is 2. The Kier molecular flexibility index (Phi) is 2.75. The highest BCUT2D eigenvalue weighted by Gasteiger charge is 2.31. The molecule has 4 nitrogen and oxygen atoms in total. The Bertz CT molecular complexity index is 453. The van der Waals surface area contributed by atoms with Crippen molar-refractivity contribution in [3.8, 4) is 0 Å². The quantitative estimate of drug-likeness (QED) is 0.904. The van der Waals surface area contributed by atoms with Crippen LogP contribution in [0.25, 0.3) is 0 Å². The molecule has 3 rings (SSSR count). The van der Waals surface area contributed by atoms with E-state index in [1.165, 1.54) is 12.8 Å². The second-order valence-electron chi connectivity index (χ2n) is 4.98. The largest absolute Gasteiger partial charge is 0.339 e. The summed E-state index contributed by atoms with van der Waals surface area (Å²) in [6.45, 7) is 1.47. The molecule has 0 spiro atoms. The molecule has 17 heavy (non-hydrogen) atoms. The fourth-order valence-electron chi connectivity index (χ4n) is 2.41. The molecular formula is C12H16BrN3O. The van der Waals surface area contributed by atoms with Crippen LogP contribution in [-0.4, -0.2) is 34.5 Å². The third-order valence-electron chi connectivity index (χ3n) is 3.49. The van der Waals surface area contributed by atoms with Crippen molar-refractivity contribution in [1.82, 2.24) is 9.47 Å². The molecule has 1 aliphatic heterocycles. The SMILES string of the molecule is N[C@@H]1CCN(C(=O)c2cc(Br)cn2C2CC2)C1. The number of carbonyl (C=O) groups excluding carboxylic acids is 1. The van der Waals surface area contributed by atoms with Crippen molar-refractivity contribution in [1.29, 1.82) is 0 Å². The molecule has 1 saturated carbocycles. The summed E-state index contributed by atoms with van der Waals surface area (Å²) in [5, 5.41) is 0. The van der Waals surface area contributed by atoms with E-state index in [0.717, 1.165) is 23.1 Å². The Morgan fingerprint density at radius 2 is 2.18 bits per heavy atom. The molecule has 2 aliphatic rings. The second-order valence-corrected chi connectivity index (χ2v) is 5.90. The van der Waals surface area contributed by atoms with Crippen LogP contribution in [0.5, 0.6) is 0 Å². The lowest BCUT2D eigenvalue weighted by atomic mass is 10.3. The highest BCUT2D eigenvalue weighted by molar-refractivity contribution is 9.10. The van der Waals surface area contributed by atoms with E-state index in [-0.39, 0.29) is 11.9 Å². The van der Waals surface area contributed by atoms with Gasteiger partial charge in [0, 0.05) is 35.8 Å². The van der Waals surface area contributed by atoms with Gasteiger partial charge in [-0.25, -0.2) is 0 Å². The Labute approximate surface area is 109 Å². The van der Waals surface area contributed by atoms with Gasteiger partial charge in [0.2, 0.25) is 0 Å². The smallest absolute Gasteiger partial charge is 0.270 e. The van der Waals surface area contributed by atoms with Crippen molar-refractivity contribution in [3.63, 3.8) is 0 Å². The van der Waals surface area contributed by atoms with Crippen LogP contribution in [0, 0.1) is 0 Å². The topological polar surface area (TPSA) is 51.3 Å². The predicted octanol–water partition coefficient (Wildman–Crippen LogP) is 1.76. The molecule has 0 unspecified atom stereocenters. The highest BCUT2D eigenvalue weighted by Crippen LogP contribution is 2.37. The normalized spacial score (nSPS) is 24.4. The molecule has 1 aromatic heterocycles. The van der Waals surface area contributed by atoms with Crippen molar-refractivity contribution in [2.45, 2.75) is 31.3 Å². The van der Waals surface area contributed by atoms with Gasteiger partial charge >= 0.3 is 0 Å². The average molecular weight is 298 g/mol. The van der Waals surface area contributed by atoms with Crippen LogP contribution in [-0.2, 0) is 0 Å². The molecule has 0 radical (unpaired) electrons. The van der Waals surface area contributed by atoms with Crippen LogP contribution in [0.2, 0.25) is 0 Å². The van der Waals surface area contributed by atoms with Gasteiger partial charge in [-0.05, 0) is 41.3 Å². The summed E-state index contributed by atoms with van der Waals surface area (Å²) in [4.78, 5) is 14.3. The molecule has 1 aromatic rings. The van der Waals surface area contributed by atoms with Gasteiger partial charge in [0.25, 0.3) is 5.91 Å². The molecule has 1 saturated heterocycles. The van der Waals surface area contributed by atoms with E-state index in [2.05, 4.69) is 20.5 Å². The second kappa shape index (κ2) is 4.14. The summed E-state index contributed by atoms with van der Waals surface area (Å²) in [6, 6.07) is 2.59. The van der Waals surface area contributed by atoms with Gasteiger partial charge in [0.15, 0.2) is 0 Å². The Hall–Kier alpha value is -0.810. The van der Waals surface area contributed by atoms with E-state index in [0.29, 0.717) is 12.6 Å². The number of hydrogen-bond donors (Lipinski definition) is 1. The van der Waals surface area contributed by atoms with E-state index in [1.807, 2.05) is 17.2 Å². The Balaban J connectivity index is 1.85. The lowest BCUT2D eigenvalue weighted by Gasteiger charge is -2.17. The summed E-state index contributed by atoms with van der Waals surface area (Å²) in [6.07, 6.45) is 5.29. The molecule has 0 bridgehead atoms.